The van der Waals surface area contributed by atoms with E-state index in [-0.39, 0.29) is 0 Å². The molecule has 0 fully saturated rings. The van der Waals surface area contributed by atoms with Gasteiger partial charge in [-0.3, -0.25) is 0 Å². The van der Waals surface area contributed by atoms with E-state index in [1.807, 2.05) is 0 Å². The highest BCUT2D eigenvalue weighted by Gasteiger charge is 2.00. The van der Waals surface area contributed by atoms with E-state index in [1.54, 1.807) is 0 Å². The maximum Gasteiger partial charge on any atom is 0.271 e. The van der Waals surface area contributed by atoms with Crippen LogP contribution in [0.15, 0.2) is 4.99 Å². The number of halogens is 1. The molecule has 2 radical (unpaired) electrons. The summed E-state index contributed by atoms with van der Waals surface area (Å²) < 4.78 is 5.36. The van der Waals surface area contributed by atoms with Gasteiger partial charge in [-0.15, -0.1) is 0 Å². The van der Waals surface area contributed by atoms with Crippen molar-refractivity contribution in [3.05, 3.63) is 6.73 Å². The molecule has 2 nitrogen and oxygen atoms in total. The number of rotatable bonds is 0. The van der Waals surface area contributed by atoms with Crippen LogP contribution in [0.1, 0.15) is 0 Å². The summed E-state index contributed by atoms with van der Waals surface area (Å²) in [6.45, 7) is 2.85. The van der Waals surface area contributed by atoms with E-state index >= 15 is 0 Å². The zero-order valence-corrected chi connectivity index (χ0v) is 4.53. The zero-order chi connectivity index (χ0) is 4.41. The monoisotopic (exact) mass is 147 g/mol. The average Bonchev–Trinajstić information content (AvgIpc) is 1.86. The molecule has 1 aliphatic rings. The van der Waals surface area contributed by atoms with Crippen molar-refractivity contribution in [3.8, 4) is 0 Å². The molecule has 0 amide bonds. The van der Waals surface area contributed by atoms with Gasteiger partial charge in [-0.2, -0.15) is 0 Å². The quantitative estimate of drug-likeness (QED) is 0.497. The molecule has 1 aliphatic heterocycles. The van der Waals surface area contributed by atoms with Crippen LogP contribution >= 0.6 is 15.9 Å². The average molecular weight is 148 g/mol. The lowest BCUT2D eigenvalue weighted by atomic mass is 10.8. The summed E-state index contributed by atoms with van der Waals surface area (Å²) in [5.41, 5.74) is 0. The molecule has 0 spiro atoms. The first-order valence-electron chi connectivity index (χ1n) is 1.48. The molecule has 6 heavy (non-hydrogen) atoms. The molecular weight excluding hydrogens is 146 g/mol. The van der Waals surface area contributed by atoms with Crippen molar-refractivity contribution in [1.29, 1.82) is 0 Å². The smallest absolute Gasteiger partial charge is 0.271 e. The summed E-state index contributed by atoms with van der Waals surface area (Å²) in [4.78, 5) is 3.60. The van der Waals surface area contributed by atoms with Gasteiger partial charge in [0, 0.05) is 0 Å². The lowest BCUT2D eigenvalue weighted by Crippen LogP contribution is -1.85. The topological polar surface area (TPSA) is 21.6 Å². The van der Waals surface area contributed by atoms with Crippen LogP contribution in [-0.4, -0.2) is 11.2 Å². The van der Waals surface area contributed by atoms with Gasteiger partial charge in [0.15, 0.2) is 0 Å². The van der Waals surface area contributed by atoms with Gasteiger partial charge in [0.1, 0.15) is 4.62 Å². The summed E-state index contributed by atoms with van der Waals surface area (Å²) >= 11 is 3.10. The Kier molecular flexibility index (Phi) is 1.22. The SMILES string of the molecule is BrC1=N[C]OC1. The molecule has 32 valence electrons. The number of hydrogen-bond donors (Lipinski definition) is 0. The number of nitrogens with zero attached hydrogens (tertiary/aromatic N) is 1. The van der Waals surface area contributed by atoms with Gasteiger partial charge in [0.25, 0.3) is 6.73 Å². The Labute approximate surface area is 44.3 Å². The van der Waals surface area contributed by atoms with E-state index < -0.39 is 0 Å². The fourth-order valence-electron chi connectivity index (χ4n) is 0.206. The summed E-state index contributed by atoms with van der Waals surface area (Å²) in [5, 5.41) is 0. The molecule has 3 heteroatoms. The van der Waals surface area contributed by atoms with Gasteiger partial charge in [-0.25, -0.2) is 4.99 Å². The van der Waals surface area contributed by atoms with Gasteiger partial charge >= 0.3 is 0 Å². The van der Waals surface area contributed by atoms with E-state index in [0.717, 1.165) is 4.62 Å². The third-order valence-corrected chi connectivity index (χ3v) is 0.829. The van der Waals surface area contributed by atoms with Crippen molar-refractivity contribution in [2.24, 2.45) is 4.99 Å². The highest BCUT2D eigenvalue weighted by Crippen LogP contribution is 2.01. The van der Waals surface area contributed by atoms with E-state index in [9.17, 15) is 0 Å². The van der Waals surface area contributed by atoms with Crippen molar-refractivity contribution in [3.63, 3.8) is 0 Å². The van der Waals surface area contributed by atoms with Crippen LogP contribution in [0.25, 0.3) is 0 Å². The Balaban J connectivity index is 2.45. The second kappa shape index (κ2) is 1.71. The summed E-state index contributed by atoms with van der Waals surface area (Å²) in [5.74, 6) is 0. The number of hydrogen-bond acceptors (Lipinski definition) is 2. The lowest BCUT2D eigenvalue weighted by molar-refractivity contribution is 0.267. The lowest BCUT2D eigenvalue weighted by Gasteiger charge is -1.76. The van der Waals surface area contributed by atoms with Crippen LogP contribution in [-0.2, 0) is 4.74 Å². The van der Waals surface area contributed by atoms with E-state index in [1.165, 1.54) is 0 Å². The van der Waals surface area contributed by atoms with Crippen LogP contribution in [0.2, 0.25) is 0 Å². The highest BCUT2D eigenvalue weighted by molar-refractivity contribution is 9.18. The normalized spacial score (nSPS) is 21.2. The Morgan fingerprint density at radius 1 is 2.00 bits per heavy atom. The number of aliphatic imine (C=N–C) groups is 1. The summed E-state index contributed by atoms with van der Waals surface area (Å²) in [7, 11) is 0. The molecule has 0 aromatic rings. The molecule has 0 aromatic carbocycles. The van der Waals surface area contributed by atoms with E-state index in [0.29, 0.717) is 6.61 Å². The van der Waals surface area contributed by atoms with Crippen LogP contribution in [0.4, 0.5) is 0 Å². The standard InChI is InChI=1S/C3H2BrNO/c4-3-1-6-2-5-3/h1H2. The van der Waals surface area contributed by atoms with Crippen molar-refractivity contribution in [2.75, 3.05) is 6.61 Å². The highest BCUT2D eigenvalue weighted by atomic mass is 79.9. The van der Waals surface area contributed by atoms with Gasteiger partial charge in [-0.1, -0.05) is 0 Å². The van der Waals surface area contributed by atoms with Gasteiger partial charge < -0.3 is 4.74 Å². The maximum atomic E-state index is 4.56. The predicted octanol–water partition coefficient (Wildman–Crippen LogP) is 0.806. The molecule has 0 unspecified atom stereocenters. The van der Waals surface area contributed by atoms with E-state index in [2.05, 4.69) is 32.4 Å². The minimum Gasteiger partial charge on any atom is -0.338 e. The van der Waals surface area contributed by atoms with Crippen LogP contribution in [0.3, 0.4) is 0 Å². The molecule has 0 aliphatic carbocycles. The summed E-state index contributed by atoms with van der Waals surface area (Å²) in [6, 6.07) is 0. The van der Waals surface area contributed by atoms with Crippen molar-refractivity contribution in [1.82, 2.24) is 0 Å². The first-order valence-corrected chi connectivity index (χ1v) is 2.28. The minimum absolute atomic E-state index is 0.542. The van der Waals surface area contributed by atoms with Crippen LogP contribution in [0.5, 0.6) is 0 Å². The zero-order valence-electron chi connectivity index (χ0n) is 2.94. The second-order valence-corrected chi connectivity index (χ2v) is 1.78. The predicted molar refractivity (Wildman–Crippen MR) is 25.6 cm³/mol. The Hall–Kier alpha value is 0.110. The third-order valence-electron chi connectivity index (χ3n) is 0.423. The third kappa shape index (κ3) is 0.786. The Morgan fingerprint density at radius 2 is 2.83 bits per heavy atom. The molecule has 0 saturated carbocycles. The van der Waals surface area contributed by atoms with Gasteiger partial charge in [0.2, 0.25) is 0 Å². The second-order valence-electron chi connectivity index (χ2n) is 0.868. The maximum absolute atomic E-state index is 4.56. The molecule has 0 atom stereocenters. The van der Waals surface area contributed by atoms with Crippen molar-refractivity contribution >= 4 is 20.6 Å². The van der Waals surface area contributed by atoms with Crippen LogP contribution < -0.4 is 0 Å². The van der Waals surface area contributed by atoms with Gasteiger partial charge in [0.05, 0.1) is 6.61 Å². The molecule has 0 bridgehead atoms. The fraction of sp³-hybridized carbons (Fsp3) is 0.333. The van der Waals surface area contributed by atoms with Crippen molar-refractivity contribution < 1.29 is 4.74 Å². The molecule has 1 heterocycles. The molecule has 0 aromatic heterocycles. The molecule has 1 rings (SSSR count). The fourth-order valence-corrected chi connectivity index (χ4v) is 0.393. The molecule has 0 N–H and O–H groups in total. The van der Waals surface area contributed by atoms with Crippen LogP contribution in [0, 0.1) is 6.73 Å². The van der Waals surface area contributed by atoms with Crippen molar-refractivity contribution in [2.45, 2.75) is 0 Å². The molecular formula is C3H2BrNO. The Morgan fingerprint density at radius 3 is 3.00 bits per heavy atom. The minimum atomic E-state index is 0.542. The largest absolute Gasteiger partial charge is 0.338 e. The van der Waals surface area contributed by atoms with E-state index in [4.69, 9.17) is 0 Å². The first-order chi connectivity index (χ1) is 2.89. The van der Waals surface area contributed by atoms with Gasteiger partial charge in [-0.05, 0) is 15.9 Å². The first kappa shape index (κ1) is 4.27. The molecule has 0 saturated heterocycles. The number of ether oxygens (including phenoxy) is 1. The Bertz CT molecular complexity index is 80.9. The summed E-state index contributed by atoms with van der Waals surface area (Å²) in [6.07, 6.45) is 0.